The molecule has 3 heterocycles. The van der Waals surface area contributed by atoms with Crippen molar-refractivity contribution in [2.75, 3.05) is 6.54 Å². The number of ether oxygens (including phenoxy) is 1. The smallest absolute Gasteiger partial charge is 0.263 e. The summed E-state index contributed by atoms with van der Waals surface area (Å²) >= 11 is 0. The molecule has 1 aliphatic rings. The van der Waals surface area contributed by atoms with Gasteiger partial charge in [0.2, 0.25) is 17.6 Å². The molecule has 7 heteroatoms. The number of carbonyl (C=O) groups excluding carboxylic acids is 1. The Morgan fingerprint density at radius 3 is 2.93 bits per heavy atom. The van der Waals surface area contributed by atoms with Gasteiger partial charge in [-0.1, -0.05) is 23.4 Å². The number of hydrogen-bond donors (Lipinski definition) is 0. The lowest BCUT2D eigenvalue weighted by Crippen LogP contribution is -2.23. The predicted molar refractivity (Wildman–Crippen MR) is 103 cm³/mol. The molecule has 7 nitrogen and oxygen atoms in total. The third kappa shape index (κ3) is 3.88. The molecule has 0 atom stereocenters. The van der Waals surface area contributed by atoms with Gasteiger partial charge < -0.3 is 14.2 Å². The summed E-state index contributed by atoms with van der Waals surface area (Å²) in [5, 5.41) is 4.12. The first kappa shape index (κ1) is 18.2. The molecule has 0 bridgehead atoms. The number of amides is 1. The number of carbonyl (C=O) groups is 1. The summed E-state index contributed by atoms with van der Waals surface area (Å²) in [7, 11) is 0. The Labute approximate surface area is 163 Å². The van der Waals surface area contributed by atoms with Crippen LogP contribution in [0.1, 0.15) is 32.3 Å². The van der Waals surface area contributed by atoms with E-state index in [-0.39, 0.29) is 12.0 Å². The lowest BCUT2D eigenvalue weighted by atomic mass is 10.1. The third-order valence-corrected chi connectivity index (χ3v) is 4.50. The second-order valence-electron chi connectivity index (χ2n) is 7.07. The summed E-state index contributed by atoms with van der Waals surface area (Å²) in [5.41, 5.74) is 2.55. The molecule has 0 aliphatic carbocycles. The molecular formula is C21H22N4O3. The first-order valence-corrected chi connectivity index (χ1v) is 9.43. The molecule has 1 saturated heterocycles. The third-order valence-electron chi connectivity index (χ3n) is 4.50. The molecule has 1 amide bonds. The lowest BCUT2D eigenvalue weighted by molar-refractivity contribution is -0.128. The van der Waals surface area contributed by atoms with Crippen molar-refractivity contribution < 1.29 is 14.1 Å². The summed E-state index contributed by atoms with van der Waals surface area (Å²) in [6, 6.07) is 11.5. The fraction of sp³-hybridized carbons (Fsp3) is 0.333. The van der Waals surface area contributed by atoms with Gasteiger partial charge in [0.15, 0.2) is 0 Å². The Hall–Kier alpha value is -3.22. The van der Waals surface area contributed by atoms with Crippen molar-refractivity contribution in [3.63, 3.8) is 0 Å². The van der Waals surface area contributed by atoms with Crippen LogP contribution in [0, 0.1) is 0 Å². The van der Waals surface area contributed by atoms with Crippen molar-refractivity contribution in [1.82, 2.24) is 20.0 Å². The quantitative estimate of drug-likeness (QED) is 0.650. The van der Waals surface area contributed by atoms with E-state index < -0.39 is 0 Å². The Kier molecular flexibility index (Phi) is 5.06. The topological polar surface area (TPSA) is 81.4 Å². The van der Waals surface area contributed by atoms with Crippen LogP contribution in [-0.2, 0) is 11.3 Å². The fourth-order valence-electron chi connectivity index (χ4n) is 3.22. The fourth-order valence-corrected chi connectivity index (χ4v) is 3.22. The standard InChI is InChI=1S/C21H22N4O3/c1-14(2)27-20-17(8-4-10-22-20)21-23-19(24-28-21)16-7-3-6-15(12-16)13-25-11-5-9-18(25)26/h3-4,6-8,10,12,14H,5,9,11,13H2,1-2H3. The van der Waals surface area contributed by atoms with Crippen LogP contribution in [0.4, 0.5) is 0 Å². The number of likely N-dealkylation sites (tertiary alicyclic amines) is 1. The van der Waals surface area contributed by atoms with Gasteiger partial charge in [0.25, 0.3) is 5.89 Å². The monoisotopic (exact) mass is 378 g/mol. The van der Waals surface area contributed by atoms with Gasteiger partial charge in [-0.2, -0.15) is 4.98 Å². The minimum Gasteiger partial charge on any atom is -0.474 e. The molecule has 0 spiro atoms. The van der Waals surface area contributed by atoms with Crippen LogP contribution in [0.2, 0.25) is 0 Å². The van der Waals surface area contributed by atoms with Crippen LogP contribution >= 0.6 is 0 Å². The summed E-state index contributed by atoms with van der Waals surface area (Å²) in [6.45, 7) is 5.30. The molecule has 0 N–H and O–H groups in total. The van der Waals surface area contributed by atoms with Gasteiger partial charge in [-0.25, -0.2) is 4.98 Å². The molecule has 0 radical (unpaired) electrons. The van der Waals surface area contributed by atoms with Crippen LogP contribution in [0.5, 0.6) is 5.88 Å². The number of rotatable bonds is 6. The average Bonchev–Trinajstić information content (AvgIpc) is 3.32. The van der Waals surface area contributed by atoms with E-state index in [4.69, 9.17) is 9.26 Å². The minimum atomic E-state index is -0.0129. The largest absolute Gasteiger partial charge is 0.474 e. The van der Waals surface area contributed by atoms with Gasteiger partial charge in [-0.05, 0) is 44.0 Å². The summed E-state index contributed by atoms with van der Waals surface area (Å²) < 4.78 is 11.2. The zero-order chi connectivity index (χ0) is 19.5. The van der Waals surface area contributed by atoms with Gasteiger partial charge in [-0.3, -0.25) is 4.79 Å². The number of benzene rings is 1. The summed E-state index contributed by atoms with van der Waals surface area (Å²) in [6.07, 6.45) is 3.22. The van der Waals surface area contributed by atoms with E-state index in [1.165, 1.54) is 0 Å². The second kappa shape index (κ2) is 7.80. The van der Waals surface area contributed by atoms with E-state index in [1.807, 2.05) is 49.1 Å². The molecule has 4 rings (SSSR count). The predicted octanol–water partition coefficient (Wildman–Crippen LogP) is 3.71. The second-order valence-corrected chi connectivity index (χ2v) is 7.07. The number of pyridine rings is 1. The van der Waals surface area contributed by atoms with E-state index in [9.17, 15) is 4.79 Å². The van der Waals surface area contributed by atoms with Crippen molar-refractivity contribution in [2.24, 2.45) is 0 Å². The minimum absolute atomic E-state index is 0.0129. The van der Waals surface area contributed by atoms with E-state index in [0.717, 1.165) is 24.1 Å². The van der Waals surface area contributed by atoms with E-state index in [1.54, 1.807) is 12.3 Å². The Morgan fingerprint density at radius 1 is 1.25 bits per heavy atom. The van der Waals surface area contributed by atoms with Gasteiger partial charge in [0, 0.05) is 31.3 Å². The molecule has 1 aliphatic heterocycles. The highest BCUT2D eigenvalue weighted by Crippen LogP contribution is 2.29. The van der Waals surface area contributed by atoms with E-state index in [2.05, 4.69) is 15.1 Å². The van der Waals surface area contributed by atoms with Crippen molar-refractivity contribution in [3.8, 4) is 28.7 Å². The normalized spacial score (nSPS) is 14.1. The Morgan fingerprint density at radius 2 is 2.14 bits per heavy atom. The first-order chi connectivity index (χ1) is 13.6. The first-order valence-electron chi connectivity index (χ1n) is 9.43. The highest BCUT2D eigenvalue weighted by molar-refractivity contribution is 5.78. The van der Waals surface area contributed by atoms with Gasteiger partial charge in [-0.15, -0.1) is 0 Å². The molecule has 28 heavy (non-hydrogen) atoms. The number of nitrogens with zero attached hydrogens (tertiary/aromatic N) is 4. The molecule has 0 unspecified atom stereocenters. The summed E-state index contributed by atoms with van der Waals surface area (Å²) in [4.78, 5) is 22.5. The van der Waals surface area contributed by atoms with Gasteiger partial charge >= 0.3 is 0 Å². The molecule has 144 valence electrons. The maximum atomic E-state index is 11.9. The maximum absolute atomic E-state index is 11.9. The molecule has 1 fully saturated rings. The Bertz CT molecular complexity index is 983. The SMILES string of the molecule is CC(C)Oc1ncccc1-c1nc(-c2cccc(CN3CCCC3=O)c2)no1. The molecular weight excluding hydrogens is 356 g/mol. The van der Waals surface area contributed by atoms with E-state index in [0.29, 0.717) is 36.1 Å². The number of aromatic nitrogens is 3. The van der Waals surface area contributed by atoms with Crippen molar-refractivity contribution in [1.29, 1.82) is 0 Å². The Balaban J connectivity index is 1.58. The van der Waals surface area contributed by atoms with Crippen LogP contribution in [-0.4, -0.2) is 38.6 Å². The van der Waals surface area contributed by atoms with Crippen LogP contribution in [0.25, 0.3) is 22.8 Å². The van der Waals surface area contributed by atoms with Gasteiger partial charge in [0.1, 0.15) is 5.56 Å². The molecule has 1 aromatic carbocycles. The van der Waals surface area contributed by atoms with Crippen LogP contribution < -0.4 is 4.74 Å². The molecule has 3 aromatic rings. The lowest BCUT2D eigenvalue weighted by Gasteiger charge is -2.15. The number of hydrogen-bond acceptors (Lipinski definition) is 6. The maximum Gasteiger partial charge on any atom is 0.263 e. The van der Waals surface area contributed by atoms with E-state index >= 15 is 0 Å². The molecule has 0 saturated carbocycles. The van der Waals surface area contributed by atoms with Gasteiger partial charge in [0.05, 0.1) is 6.10 Å². The zero-order valence-corrected chi connectivity index (χ0v) is 16.0. The van der Waals surface area contributed by atoms with Crippen LogP contribution in [0.3, 0.4) is 0 Å². The van der Waals surface area contributed by atoms with Crippen molar-refractivity contribution in [2.45, 2.75) is 39.3 Å². The van der Waals surface area contributed by atoms with Crippen molar-refractivity contribution in [3.05, 3.63) is 48.2 Å². The highest BCUT2D eigenvalue weighted by Gasteiger charge is 2.21. The zero-order valence-electron chi connectivity index (χ0n) is 16.0. The van der Waals surface area contributed by atoms with Crippen molar-refractivity contribution >= 4 is 5.91 Å². The highest BCUT2D eigenvalue weighted by atomic mass is 16.5. The summed E-state index contributed by atoms with van der Waals surface area (Å²) in [5.74, 6) is 1.53. The molecule has 2 aromatic heterocycles. The van der Waals surface area contributed by atoms with Crippen LogP contribution in [0.15, 0.2) is 47.1 Å². The average molecular weight is 378 g/mol.